The lowest BCUT2D eigenvalue weighted by molar-refractivity contribution is 0.489. The second-order valence-electron chi connectivity index (χ2n) is 6.45. The zero-order valence-corrected chi connectivity index (χ0v) is 10.7. The molecule has 0 nitrogen and oxygen atoms in total. The lowest BCUT2D eigenvalue weighted by Crippen LogP contribution is -1.90. The average molecular weight is 208 g/mol. The van der Waals surface area contributed by atoms with Gasteiger partial charge in [-0.15, -0.1) is 0 Å². The van der Waals surface area contributed by atoms with Crippen molar-refractivity contribution in [1.82, 2.24) is 0 Å². The van der Waals surface area contributed by atoms with Gasteiger partial charge in [0.2, 0.25) is 0 Å². The Morgan fingerprint density at radius 1 is 0.933 bits per heavy atom. The summed E-state index contributed by atoms with van der Waals surface area (Å²) in [4.78, 5) is 0. The van der Waals surface area contributed by atoms with E-state index in [2.05, 4.69) is 13.8 Å². The van der Waals surface area contributed by atoms with Crippen molar-refractivity contribution in [2.24, 2.45) is 23.7 Å². The second-order valence-corrected chi connectivity index (χ2v) is 6.45. The SMILES string of the molecule is CC(C)CCC1CC1CCCCC1CC1. The van der Waals surface area contributed by atoms with E-state index in [4.69, 9.17) is 0 Å². The Kier molecular flexibility index (Phi) is 4.11. The predicted molar refractivity (Wildman–Crippen MR) is 66.9 cm³/mol. The molecule has 0 aromatic rings. The Labute approximate surface area is 95.8 Å². The predicted octanol–water partition coefficient (Wildman–Crippen LogP) is 5.03. The summed E-state index contributed by atoms with van der Waals surface area (Å²) < 4.78 is 0. The molecular weight excluding hydrogens is 180 g/mol. The van der Waals surface area contributed by atoms with Crippen molar-refractivity contribution >= 4 is 0 Å². The van der Waals surface area contributed by atoms with Crippen molar-refractivity contribution in [3.05, 3.63) is 0 Å². The van der Waals surface area contributed by atoms with E-state index in [1.54, 1.807) is 32.1 Å². The molecule has 0 heteroatoms. The van der Waals surface area contributed by atoms with Gasteiger partial charge in [0.1, 0.15) is 0 Å². The first-order valence-electron chi connectivity index (χ1n) is 7.25. The van der Waals surface area contributed by atoms with Crippen molar-refractivity contribution in [2.75, 3.05) is 0 Å². The summed E-state index contributed by atoms with van der Waals surface area (Å²) in [5.41, 5.74) is 0. The molecule has 0 aliphatic heterocycles. The quantitative estimate of drug-likeness (QED) is 0.491. The molecule has 2 unspecified atom stereocenters. The number of hydrogen-bond acceptors (Lipinski definition) is 0. The van der Waals surface area contributed by atoms with Crippen molar-refractivity contribution < 1.29 is 0 Å². The minimum absolute atomic E-state index is 0.918. The number of rotatable bonds is 8. The van der Waals surface area contributed by atoms with Gasteiger partial charge >= 0.3 is 0 Å². The van der Waals surface area contributed by atoms with Gasteiger partial charge in [-0.25, -0.2) is 0 Å². The summed E-state index contributed by atoms with van der Waals surface area (Å²) in [6.07, 6.45) is 13.8. The van der Waals surface area contributed by atoms with Crippen LogP contribution in [0, 0.1) is 23.7 Å². The normalized spacial score (nSPS) is 29.8. The molecule has 2 rings (SSSR count). The molecule has 2 saturated carbocycles. The summed E-state index contributed by atoms with van der Waals surface area (Å²) >= 11 is 0. The van der Waals surface area contributed by atoms with Crippen LogP contribution in [0.5, 0.6) is 0 Å². The average Bonchev–Trinajstić information content (AvgIpc) is 3.06. The highest BCUT2D eigenvalue weighted by Gasteiger charge is 2.35. The molecule has 88 valence electrons. The van der Waals surface area contributed by atoms with Crippen LogP contribution in [0.4, 0.5) is 0 Å². The van der Waals surface area contributed by atoms with Gasteiger partial charge in [-0.3, -0.25) is 0 Å². The first-order valence-corrected chi connectivity index (χ1v) is 7.25. The fourth-order valence-electron chi connectivity index (χ4n) is 2.81. The van der Waals surface area contributed by atoms with Gasteiger partial charge in [0.05, 0.1) is 0 Å². The van der Waals surface area contributed by atoms with Crippen molar-refractivity contribution in [3.63, 3.8) is 0 Å². The molecule has 2 aliphatic carbocycles. The fourth-order valence-corrected chi connectivity index (χ4v) is 2.81. The Morgan fingerprint density at radius 3 is 2.27 bits per heavy atom. The first-order chi connectivity index (χ1) is 7.25. The molecule has 0 amide bonds. The molecule has 0 bridgehead atoms. The van der Waals surface area contributed by atoms with Crippen LogP contribution in [-0.2, 0) is 0 Å². The van der Waals surface area contributed by atoms with Crippen LogP contribution in [0.3, 0.4) is 0 Å². The van der Waals surface area contributed by atoms with E-state index in [0.717, 1.165) is 23.7 Å². The summed E-state index contributed by atoms with van der Waals surface area (Å²) in [6, 6.07) is 0. The zero-order chi connectivity index (χ0) is 10.7. The highest BCUT2D eigenvalue weighted by atomic mass is 14.4. The molecule has 2 fully saturated rings. The Bertz CT molecular complexity index is 178. The monoisotopic (exact) mass is 208 g/mol. The maximum Gasteiger partial charge on any atom is -0.0383 e. The van der Waals surface area contributed by atoms with Crippen molar-refractivity contribution in [1.29, 1.82) is 0 Å². The van der Waals surface area contributed by atoms with E-state index in [-0.39, 0.29) is 0 Å². The van der Waals surface area contributed by atoms with Crippen LogP contribution in [-0.4, -0.2) is 0 Å². The van der Waals surface area contributed by atoms with Crippen LogP contribution in [0.1, 0.15) is 71.6 Å². The zero-order valence-electron chi connectivity index (χ0n) is 10.7. The molecule has 0 N–H and O–H groups in total. The second kappa shape index (κ2) is 5.37. The van der Waals surface area contributed by atoms with E-state index < -0.39 is 0 Å². The maximum absolute atomic E-state index is 2.35. The van der Waals surface area contributed by atoms with E-state index in [9.17, 15) is 0 Å². The van der Waals surface area contributed by atoms with E-state index in [0.29, 0.717) is 0 Å². The third-order valence-electron chi connectivity index (χ3n) is 4.32. The van der Waals surface area contributed by atoms with Gasteiger partial charge < -0.3 is 0 Å². The van der Waals surface area contributed by atoms with Crippen molar-refractivity contribution in [2.45, 2.75) is 71.6 Å². The lowest BCUT2D eigenvalue weighted by atomic mass is 10.0. The topological polar surface area (TPSA) is 0 Å². The molecule has 0 aromatic heterocycles. The van der Waals surface area contributed by atoms with Crippen LogP contribution >= 0.6 is 0 Å². The highest BCUT2D eigenvalue weighted by molar-refractivity contribution is 4.86. The minimum atomic E-state index is 0.918. The molecule has 0 radical (unpaired) electrons. The highest BCUT2D eigenvalue weighted by Crippen LogP contribution is 2.46. The summed E-state index contributed by atoms with van der Waals surface area (Å²) in [5.74, 6) is 4.35. The molecule has 0 spiro atoms. The van der Waals surface area contributed by atoms with E-state index in [1.807, 2.05) is 0 Å². The van der Waals surface area contributed by atoms with Gasteiger partial charge in [0.25, 0.3) is 0 Å². The summed E-state index contributed by atoms with van der Waals surface area (Å²) in [6.45, 7) is 4.71. The molecule has 2 aliphatic rings. The molecule has 15 heavy (non-hydrogen) atoms. The molecule has 0 heterocycles. The molecule has 0 saturated heterocycles. The number of hydrogen-bond donors (Lipinski definition) is 0. The number of unbranched alkanes of at least 4 members (excludes halogenated alkanes) is 1. The first kappa shape index (κ1) is 11.5. The van der Waals surface area contributed by atoms with Crippen LogP contribution in [0.15, 0.2) is 0 Å². The Hall–Kier alpha value is 0. The standard InChI is InChI=1S/C15H28/c1-12(2)7-10-15-11-14(15)6-4-3-5-13-8-9-13/h12-15H,3-11H2,1-2H3. The van der Waals surface area contributed by atoms with Gasteiger partial charge in [-0.05, 0) is 36.5 Å². The lowest BCUT2D eigenvalue weighted by Gasteiger charge is -2.03. The molecular formula is C15H28. The van der Waals surface area contributed by atoms with Crippen LogP contribution in [0.2, 0.25) is 0 Å². The Balaban J connectivity index is 1.40. The smallest absolute Gasteiger partial charge is 0.0383 e. The van der Waals surface area contributed by atoms with Crippen LogP contribution in [0.25, 0.3) is 0 Å². The fraction of sp³-hybridized carbons (Fsp3) is 1.00. The molecule has 2 atom stereocenters. The summed E-state index contributed by atoms with van der Waals surface area (Å²) in [7, 11) is 0. The Morgan fingerprint density at radius 2 is 1.60 bits per heavy atom. The minimum Gasteiger partial charge on any atom is -0.0628 e. The molecule has 0 aromatic carbocycles. The third kappa shape index (κ3) is 4.57. The van der Waals surface area contributed by atoms with Crippen LogP contribution < -0.4 is 0 Å². The summed E-state index contributed by atoms with van der Waals surface area (Å²) in [5, 5.41) is 0. The van der Waals surface area contributed by atoms with Gasteiger partial charge in [0.15, 0.2) is 0 Å². The van der Waals surface area contributed by atoms with Gasteiger partial charge in [0, 0.05) is 0 Å². The van der Waals surface area contributed by atoms with Crippen molar-refractivity contribution in [3.8, 4) is 0 Å². The van der Waals surface area contributed by atoms with E-state index in [1.165, 1.54) is 25.7 Å². The van der Waals surface area contributed by atoms with Gasteiger partial charge in [-0.2, -0.15) is 0 Å². The van der Waals surface area contributed by atoms with Gasteiger partial charge in [-0.1, -0.05) is 58.8 Å². The maximum atomic E-state index is 2.35. The van der Waals surface area contributed by atoms with E-state index >= 15 is 0 Å². The largest absolute Gasteiger partial charge is 0.0628 e. The third-order valence-corrected chi connectivity index (χ3v) is 4.32.